The summed E-state index contributed by atoms with van der Waals surface area (Å²) in [6.45, 7) is 2.21. The Labute approximate surface area is 179 Å². The normalized spacial score (nSPS) is 29.7. The van der Waals surface area contributed by atoms with Gasteiger partial charge in [-0.2, -0.15) is 0 Å². The van der Waals surface area contributed by atoms with Gasteiger partial charge in [-0.1, -0.05) is 30.0 Å². The molecule has 28 heavy (non-hydrogen) atoms. The summed E-state index contributed by atoms with van der Waals surface area (Å²) in [5.74, 6) is 0.737. The van der Waals surface area contributed by atoms with Crippen molar-refractivity contribution in [2.75, 3.05) is 19.0 Å². The van der Waals surface area contributed by atoms with Crippen molar-refractivity contribution in [3.63, 3.8) is 0 Å². The molecule has 9 heteroatoms. The minimum absolute atomic E-state index is 0.0346. The zero-order chi connectivity index (χ0) is 19.8. The second-order valence-electron chi connectivity index (χ2n) is 7.25. The number of rotatable bonds is 3. The number of benzene rings is 1. The molecule has 2 aromatic rings. The van der Waals surface area contributed by atoms with Crippen molar-refractivity contribution in [3.8, 4) is 0 Å². The fourth-order valence-electron chi connectivity index (χ4n) is 3.53. The van der Waals surface area contributed by atoms with Crippen molar-refractivity contribution in [2.45, 2.75) is 24.5 Å². The number of aliphatic imine (C=N–C) groups is 1. The van der Waals surface area contributed by atoms with Crippen LogP contribution in [0.25, 0.3) is 0 Å². The molecule has 0 unspecified atom stereocenters. The van der Waals surface area contributed by atoms with E-state index < -0.39 is 11.1 Å². The van der Waals surface area contributed by atoms with Crippen molar-refractivity contribution >= 4 is 50.1 Å². The number of nitrogens with one attached hydrogen (secondary N) is 1. The van der Waals surface area contributed by atoms with Gasteiger partial charge in [-0.15, -0.1) is 11.3 Å². The number of amides is 1. The first kappa shape index (κ1) is 20.0. The fraction of sp³-hybridized carbons (Fsp3) is 0.421. The number of carbonyl (C=O) groups is 1. The van der Waals surface area contributed by atoms with Crippen LogP contribution >= 0.6 is 39.0 Å². The lowest BCUT2D eigenvalue weighted by Crippen LogP contribution is -2.55. The predicted molar refractivity (Wildman–Crippen MR) is 115 cm³/mol. The topological polar surface area (TPSA) is 83.8 Å². The number of hydrogen-bond acceptors (Lipinski definition) is 7. The van der Waals surface area contributed by atoms with E-state index >= 15 is 0 Å². The number of aromatic nitrogens is 1. The number of thioether (sulfide) groups is 1. The van der Waals surface area contributed by atoms with Crippen LogP contribution in [-0.4, -0.2) is 45.7 Å². The minimum Gasteiger partial charge on any atom is -0.393 e. The van der Waals surface area contributed by atoms with E-state index in [1.54, 1.807) is 12.1 Å². The molecule has 6 nitrogen and oxygen atoms in total. The van der Waals surface area contributed by atoms with Gasteiger partial charge in [0.2, 0.25) is 0 Å². The van der Waals surface area contributed by atoms with Crippen LogP contribution in [0, 0.1) is 5.92 Å². The molecule has 4 rings (SSSR count). The Balaban J connectivity index is 1.66. The molecular weight excluding hydrogens is 462 g/mol. The van der Waals surface area contributed by atoms with Gasteiger partial charge < -0.3 is 15.2 Å². The average Bonchev–Trinajstić information content (AvgIpc) is 3.16. The monoisotopic (exact) mass is 481 g/mol. The number of ether oxygens (including phenoxy) is 1. The largest absolute Gasteiger partial charge is 0.393 e. The van der Waals surface area contributed by atoms with Crippen molar-refractivity contribution < 1.29 is 14.6 Å². The molecule has 1 aromatic carbocycles. The summed E-state index contributed by atoms with van der Waals surface area (Å²) in [7, 11) is 0. The molecule has 2 aliphatic heterocycles. The van der Waals surface area contributed by atoms with Gasteiger partial charge in [0, 0.05) is 22.6 Å². The van der Waals surface area contributed by atoms with Gasteiger partial charge >= 0.3 is 0 Å². The Morgan fingerprint density at radius 2 is 2.21 bits per heavy atom. The van der Waals surface area contributed by atoms with Crippen molar-refractivity contribution in [2.24, 2.45) is 10.9 Å². The zero-order valence-corrected chi connectivity index (χ0v) is 18.4. The molecule has 1 fully saturated rings. The smallest absolute Gasteiger partial charge is 0.257 e. The molecule has 2 N–H and O–H groups in total. The lowest BCUT2D eigenvalue weighted by Gasteiger charge is -2.48. The first-order chi connectivity index (χ1) is 13.4. The highest BCUT2D eigenvalue weighted by Crippen LogP contribution is 2.49. The van der Waals surface area contributed by atoms with Crippen LogP contribution in [0.5, 0.6) is 0 Å². The van der Waals surface area contributed by atoms with Gasteiger partial charge in [0.1, 0.15) is 15.1 Å². The lowest BCUT2D eigenvalue weighted by atomic mass is 9.76. The van der Waals surface area contributed by atoms with Gasteiger partial charge in [0.25, 0.3) is 5.91 Å². The molecule has 0 bridgehead atoms. The number of nitrogens with zero attached hydrogens (tertiary/aromatic N) is 2. The number of fused-ring (bicyclic) bond motifs is 1. The second-order valence-corrected chi connectivity index (χ2v) is 9.92. The Morgan fingerprint density at radius 1 is 1.43 bits per heavy atom. The summed E-state index contributed by atoms with van der Waals surface area (Å²) in [5.41, 5.74) is -0.647. The van der Waals surface area contributed by atoms with E-state index in [-0.39, 0.29) is 18.4 Å². The Kier molecular flexibility index (Phi) is 5.63. The minimum atomic E-state index is -0.657. The third-order valence-corrected chi connectivity index (χ3v) is 7.91. The number of hydrogen-bond donors (Lipinski definition) is 2. The molecule has 1 aromatic heterocycles. The van der Waals surface area contributed by atoms with E-state index in [0.717, 1.165) is 15.4 Å². The summed E-state index contributed by atoms with van der Waals surface area (Å²) >= 11 is 6.49. The third kappa shape index (κ3) is 3.78. The Bertz CT molecular complexity index is 907. The number of carbonyl (C=O) groups excluding carboxylic acids is 1. The maximum absolute atomic E-state index is 12.6. The molecule has 2 aliphatic rings. The van der Waals surface area contributed by atoms with E-state index in [1.165, 1.54) is 23.1 Å². The van der Waals surface area contributed by atoms with Gasteiger partial charge in [0.15, 0.2) is 5.17 Å². The molecule has 1 saturated heterocycles. The van der Waals surface area contributed by atoms with Gasteiger partial charge in [-0.05, 0) is 41.4 Å². The van der Waals surface area contributed by atoms with Crippen LogP contribution in [0.1, 0.15) is 28.7 Å². The first-order valence-electron chi connectivity index (χ1n) is 8.89. The summed E-state index contributed by atoms with van der Waals surface area (Å²) in [6.07, 6.45) is 0.678. The SMILES string of the molecule is C[C@@]1(CO)C[C@H]2CSC(NC(=O)c3ccccc3)=N[C@@]2(c2nc(Br)cs2)CO1. The molecular formula is C19H20BrN3O3S2. The maximum atomic E-state index is 12.6. The summed E-state index contributed by atoms with van der Waals surface area (Å²) in [6, 6.07) is 9.09. The zero-order valence-electron chi connectivity index (χ0n) is 15.2. The van der Waals surface area contributed by atoms with Gasteiger partial charge in [-0.25, -0.2) is 9.98 Å². The molecule has 0 aliphatic carbocycles. The van der Waals surface area contributed by atoms with E-state index in [4.69, 9.17) is 9.73 Å². The molecule has 0 spiro atoms. The molecule has 0 radical (unpaired) electrons. The van der Waals surface area contributed by atoms with Crippen LogP contribution in [0.4, 0.5) is 0 Å². The standard InChI is InChI=1S/C19H20BrN3O3S2/c1-18(10-24)7-13-8-28-17(22-15(25)12-5-3-2-4-6-12)23-19(13,11-26-18)16-21-14(20)9-27-16/h2-6,9,13,24H,7-8,10-11H2,1H3,(H,22,23,25)/t13-,18-,19-/m0/s1. The fourth-order valence-corrected chi connectivity index (χ4v) is 6.14. The maximum Gasteiger partial charge on any atom is 0.257 e. The van der Waals surface area contributed by atoms with E-state index in [9.17, 15) is 9.90 Å². The molecule has 0 saturated carbocycles. The van der Waals surface area contributed by atoms with Crippen LogP contribution in [0.2, 0.25) is 0 Å². The van der Waals surface area contributed by atoms with Crippen molar-refractivity contribution in [1.29, 1.82) is 0 Å². The summed E-state index contributed by atoms with van der Waals surface area (Å²) < 4.78 is 6.82. The number of halogens is 1. The summed E-state index contributed by atoms with van der Waals surface area (Å²) in [4.78, 5) is 22.1. The van der Waals surface area contributed by atoms with Crippen LogP contribution in [0.3, 0.4) is 0 Å². The second kappa shape index (κ2) is 7.87. The van der Waals surface area contributed by atoms with Crippen LogP contribution in [-0.2, 0) is 10.3 Å². The number of aliphatic hydroxyl groups is 1. The molecule has 148 valence electrons. The Morgan fingerprint density at radius 3 is 2.89 bits per heavy atom. The number of thiazole rings is 1. The van der Waals surface area contributed by atoms with Crippen LogP contribution < -0.4 is 5.32 Å². The van der Waals surface area contributed by atoms with E-state index in [0.29, 0.717) is 23.8 Å². The Hall–Kier alpha value is -1.26. The lowest BCUT2D eigenvalue weighted by molar-refractivity contribution is -0.141. The quantitative estimate of drug-likeness (QED) is 0.701. The average molecular weight is 482 g/mol. The first-order valence-corrected chi connectivity index (χ1v) is 11.6. The molecule has 1 amide bonds. The van der Waals surface area contributed by atoms with Gasteiger partial charge in [-0.3, -0.25) is 4.79 Å². The third-order valence-electron chi connectivity index (χ3n) is 5.15. The predicted octanol–water partition coefficient (Wildman–Crippen LogP) is 3.42. The summed E-state index contributed by atoms with van der Waals surface area (Å²) in [5, 5.41) is 16.1. The van der Waals surface area contributed by atoms with Crippen LogP contribution in [0.15, 0.2) is 45.3 Å². The highest BCUT2D eigenvalue weighted by atomic mass is 79.9. The van der Waals surface area contributed by atoms with Gasteiger partial charge in [0.05, 0.1) is 18.8 Å². The van der Waals surface area contributed by atoms with Crippen molar-refractivity contribution in [3.05, 3.63) is 50.9 Å². The van der Waals surface area contributed by atoms with E-state index in [2.05, 4.69) is 26.2 Å². The highest BCUT2D eigenvalue weighted by Gasteiger charge is 2.53. The van der Waals surface area contributed by atoms with E-state index in [1.807, 2.05) is 30.5 Å². The number of amidine groups is 1. The molecule has 3 atom stereocenters. The number of aliphatic hydroxyl groups excluding tert-OH is 1. The molecule has 3 heterocycles. The highest BCUT2D eigenvalue weighted by molar-refractivity contribution is 9.10. The van der Waals surface area contributed by atoms with Crippen molar-refractivity contribution in [1.82, 2.24) is 10.3 Å².